The molecule has 2 N–H and O–H groups in total. The van der Waals surface area contributed by atoms with E-state index in [1.54, 1.807) is 42.5 Å². The topological polar surface area (TPSA) is 84.5 Å². The number of nitrogens with one attached hydrogen (secondary N) is 2. The highest BCUT2D eigenvalue weighted by molar-refractivity contribution is 6.44. The number of hydrogen-bond donors (Lipinski definition) is 2. The van der Waals surface area contributed by atoms with Crippen LogP contribution in [0, 0.1) is 0 Å². The van der Waals surface area contributed by atoms with Gasteiger partial charge in [-0.3, -0.25) is 14.4 Å². The fourth-order valence-corrected chi connectivity index (χ4v) is 2.73. The predicted octanol–water partition coefficient (Wildman–Crippen LogP) is 4.94. The smallest absolute Gasteiger partial charge is 0.306 e. The number of carbonyl (C=O) groups is 3. The Morgan fingerprint density at radius 1 is 0.893 bits per heavy atom. The standard InChI is InChI=1S/C19H17Cl3N2O4/c20-12-4-1-5-13(10-12)23-16(25)8-3-9-18(27)28-11-17(26)24-15-7-2-6-14(21)19(15)22/h1-2,4-7,10H,3,8-9,11H2,(H,23,25)(H,24,26). The number of carbonyl (C=O) groups excluding carboxylic acids is 3. The number of hydrogen-bond acceptors (Lipinski definition) is 4. The number of esters is 1. The van der Waals surface area contributed by atoms with Gasteiger partial charge < -0.3 is 15.4 Å². The Kier molecular flexibility index (Phi) is 8.57. The molecule has 0 bridgehead atoms. The second-order valence-corrected chi connectivity index (χ2v) is 6.94. The molecule has 2 aromatic carbocycles. The summed E-state index contributed by atoms with van der Waals surface area (Å²) in [6, 6.07) is 11.5. The molecule has 0 aliphatic carbocycles. The van der Waals surface area contributed by atoms with Crippen LogP contribution >= 0.6 is 34.8 Å². The van der Waals surface area contributed by atoms with Gasteiger partial charge in [-0.1, -0.05) is 46.9 Å². The van der Waals surface area contributed by atoms with Gasteiger partial charge in [-0.2, -0.15) is 0 Å². The summed E-state index contributed by atoms with van der Waals surface area (Å²) >= 11 is 17.7. The van der Waals surface area contributed by atoms with Gasteiger partial charge in [0, 0.05) is 23.6 Å². The molecule has 0 saturated heterocycles. The van der Waals surface area contributed by atoms with Crippen molar-refractivity contribution < 1.29 is 19.1 Å². The number of anilines is 2. The molecule has 0 unspecified atom stereocenters. The Balaban J connectivity index is 1.66. The van der Waals surface area contributed by atoms with Gasteiger partial charge in [-0.05, 0) is 36.8 Å². The summed E-state index contributed by atoms with van der Waals surface area (Å²) in [6.07, 6.45) is 0.424. The van der Waals surface area contributed by atoms with E-state index in [1.165, 1.54) is 0 Å². The lowest BCUT2D eigenvalue weighted by atomic mass is 10.2. The molecular formula is C19H17Cl3N2O4. The molecule has 0 heterocycles. The molecule has 0 aliphatic heterocycles. The maximum absolute atomic E-state index is 11.8. The Morgan fingerprint density at radius 2 is 1.64 bits per heavy atom. The van der Waals surface area contributed by atoms with E-state index in [0.29, 0.717) is 21.4 Å². The summed E-state index contributed by atoms with van der Waals surface area (Å²) < 4.78 is 4.89. The SMILES string of the molecule is O=C(CCCC(=O)OCC(=O)Nc1cccc(Cl)c1Cl)Nc1cccc(Cl)c1. The minimum Gasteiger partial charge on any atom is -0.456 e. The van der Waals surface area contributed by atoms with Crippen LogP contribution in [0.1, 0.15) is 19.3 Å². The zero-order chi connectivity index (χ0) is 20.5. The van der Waals surface area contributed by atoms with Gasteiger partial charge in [0.2, 0.25) is 5.91 Å². The van der Waals surface area contributed by atoms with Crippen LogP contribution < -0.4 is 10.6 Å². The first-order chi connectivity index (χ1) is 13.3. The number of rotatable bonds is 8. The van der Waals surface area contributed by atoms with Crippen molar-refractivity contribution in [2.75, 3.05) is 17.2 Å². The lowest BCUT2D eigenvalue weighted by molar-refractivity contribution is -0.147. The van der Waals surface area contributed by atoms with Crippen LogP contribution in [0.15, 0.2) is 42.5 Å². The molecule has 0 fully saturated rings. The molecule has 0 aliphatic rings. The van der Waals surface area contributed by atoms with Crippen molar-refractivity contribution >= 4 is 64.0 Å². The van der Waals surface area contributed by atoms with Gasteiger partial charge in [0.05, 0.1) is 15.7 Å². The van der Waals surface area contributed by atoms with Crippen LogP contribution in [-0.4, -0.2) is 24.4 Å². The summed E-state index contributed by atoms with van der Waals surface area (Å²) in [5.74, 6) is -1.37. The van der Waals surface area contributed by atoms with E-state index in [0.717, 1.165) is 0 Å². The molecule has 0 radical (unpaired) electrons. The average molecular weight is 444 g/mol. The second kappa shape index (κ2) is 10.9. The van der Waals surface area contributed by atoms with Gasteiger partial charge in [-0.15, -0.1) is 0 Å². The minimum absolute atomic E-state index is 0.00810. The lowest BCUT2D eigenvalue weighted by Gasteiger charge is -2.09. The molecule has 28 heavy (non-hydrogen) atoms. The van der Waals surface area contributed by atoms with E-state index in [9.17, 15) is 14.4 Å². The lowest BCUT2D eigenvalue weighted by Crippen LogP contribution is -2.21. The summed E-state index contributed by atoms with van der Waals surface area (Å²) in [6.45, 7) is -0.462. The monoisotopic (exact) mass is 442 g/mol. The van der Waals surface area contributed by atoms with Gasteiger partial charge in [0.1, 0.15) is 0 Å². The highest BCUT2D eigenvalue weighted by atomic mass is 35.5. The van der Waals surface area contributed by atoms with E-state index in [-0.39, 0.29) is 30.2 Å². The third-order valence-electron chi connectivity index (χ3n) is 3.48. The van der Waals surface area contributed by atoms with Gasteiger partial charge in [0.25, 0.3) is 5.91 Å². The maximum atomic E-state index is 11.8. The summed E-state index contributed by atoms with van der Waals surface area (Å²) in [4.78, 5) is 35.4. The maximum Gasteiger partial charge on any atom is 0.306 e. The van der Waals surface area contributed by atoms with Gasteiger partial charge in [0.15, 0.2) is 6.61 Å². The first-order valence-corrected chi connectivity index (χ1v) is 9.43. The number of ether oxygens (including phenoxy) is 1. The second-order valence-electron chi connectivity index (χ2n) is 5.72. The molecule has 0 saturated carbocycles. The molecule has 2 aromatic rings. The molecule has 2 rings (SSSR count). The normalized spacial score (nSPS) is 10.2. The van der Waals surface area contributed by atoms with E-state index in [2.05, 4.69) is 10.6 Å². The minimum atomic E-state index is -0.581. The average Bonchev–Trinajstić information content (AvgIpc) is 2.64. The third kappa shape index (κ3) is 7.38. The Bertz CT molecular complexity index is 874. The zero-order valence-corrected chi connectivity index (χ0v) is 16.9. The van der Waals surface area contributed by atoms with Crippen molar-refractivity contribution in [3.8, 4) is 0 Å². The Morgan fingerprint density at radius 3 is 2.39 bits per heavy atom. The van der Waals surface area contributed by atoms with Crippen molar-refractivity contribution in [2.45, 2.75) is 19.3 Å². The highest BCUT2D eigenvalue weighted by Crippen LogP contribution is 2.29. The van der Waals surface area contributed by atoms with Crippen LogP contribution in [0.4, 0.5) is 11.4 Å². The highest BCUT2D eigenvalue weighted by Gasteiger charge is 2.12. The van der Waals surface area contributed by atoms with Crippen LogP contribution in [0.3, 0.4) is 0 Å². The van der Waals surface area contributed by atoms with E-state index in [1.807, 2.05) is 0 Å². The number of benzene rings is 2. The summed E-state index contributed by atoms with van der Waals surface area (Å²) in [5, 5.41) is 6.20. The first kappa shape index (κ1) is 22.0. The van der Waals surface area contributed by atoms with Crippen molar-refractivity contribution in [1.82, 2.24) is 0 Å². The van der Waals surface area contributed by atoms with Gasteiger partial charge >= 0.3 is 5.97 Å². The van der Waals surface area contributed by atoms with Crippen molar-refractivity contribution in [2.24, 2.45) is 0 Å². The molecule has 0 spiro atoms. The van der Waals surface area contributed by atoms with Crippen molar-refractivity contribution in [3.63, 3.8) is 0 Å². The van der Waals surface area contributed by atoms with Crippen molar-refractivity contribution in [1.29, 1.82) is 0 Å². The quantitative estimate of drug-likeness (QED) is 0.566. The molecule has 2 amide bonds. The van der Waals surface area contributed by atoms with E-state index < -0.39 is 18.5 Å². The molecule has 0 atom stereocenters. The summed E-state index contributed by atoms with van der Waals surface area (Å²) in [5.41, 5.74) is 0.907. The Labute approximate surface area is 177 Å². The summed E-state index contributed by atoms with van der Waals surface area (Å²) in [7, 11) is 0. The third-order valence-corrected chi connectivity index (χ3v) is 4.54. The molecule has 148 valence electrons. The Hall–Kier alpha value is -2.28. The van der Waals surface area contributed by atoms with Crippen LogP contribution in [0.2, 0.25) is 15.1 Å². The zero-order valence-electron chi connectivity index (χ0n) is 14.6. The number of amides is 2. The first-order valence-electron chi connectivity index (χ1n) is 8.30. The predicted molar refractivity (Wildman–Crippen MR) is 110 cm³/mol. The van der Waals surface area contributed by atoms with E-state index in [4.69, 9.17) is 39.5 Å². The molecule has 6 nitrogen and oxygen atoms in total. The van der Waals surface area contributed by atoms with Gasteiger partial charge in [-0.25, -0.2) is 0 Å². The van der Waals surface area contributed by atoms with Crippen LogP contribution in [0.25, 0.3) is 0 Å². The fraction of sp³-hybridized carbons (Fsp3) is 0.211. The fourth-order valence-electron chi connectivity index (χ4n) is 2.19. The van der Waals surface area contributed by atoms with Crippen molar-refractivity contribution in [3.05, 3.63) is 57.5 Å². The number of halogens is 3. The molecule has 9 heteroatoms. The van der Waals surface area contributed by atoms with Crippen LogP contribution in [-0.2, 0) is 19.1 Å². The van der Waals surface area contributed by atoms with E-state index >= 15 is 0 Å². The molecular weight excluding hydrogens is 427 g/mol. The largest absolute Gasteiger partial charge is 0.456 e. The molecule has 0 aromatic heterocycles. The van der Waals surface area contributed by atoms with Crippen LogP contribution in [0.5, 0.6) is 0 Å².